The van der Waals surface area contributed by atoms with Gasteiger partial charge in [0.1, 0.15) is 23.9 Å². The van der Waals surface area contributed by atoms with Crippen LogP contribution in [0.3, 0.4) is 0 Å². The van der Waals surface area contributed by atoms with Gasteiger partial charge in [-0.2, -0.15) is 0 Å². The number of aromatic amines is 1. The Morgan fingerprint density at radius 2 is 1.58 bits per heavy atom. The molecular weight excluding hydrogens is 498 g/mol. The number of imidazole rings is 1. The second kappa shape index (κ2) is 13.7. The molecule has 2 aromatic rings. The number of nitrogens with two attached hydrogens (primary N) is 2. The minimum atomic E-state index is -1.57. The lowest BCUT2D eigenvalue weighted by molar-refractivity contribution is -0.144. The fraction of sp³-hybridized carbons (Fsp3) is 0.417. The number of rotatable bonds is 14. The van der Waals surface area contributed by atoms with Crippen molar-refractivity contribution >= 4 is 29.6 Å². The van der Waals surface area contributed by atoms with Gasteiger partial charge in [0, 0.05) is 18.3 Å². The van der Waals surface area contributed by atoms with Crippen LogP contribution in [0, 0.1) is 5.92 Å². The molecule has 4 atom stereocenters. The monoisotopic (exact) mass is 531 g/mol. The van der Waals surface area contributed by atoms with Crippen molar-refractivity contribution in [2.75, 3.05) is 0 Å². The predicted molar refractivity (Wildman–Crippen MR) is 134 cm³/mol. The molecule has 1 aromatic heterocycles. The number of carbonyl (C=O) groups is 5. The number of aromatic hydroxyl groups is 1. The van der Waals surface area contributed by atoms with Crippen molar-refractivity contribution in [3.8, 4) is 5.75 Å². The van der Waals surface area contributed by atoms with Gasteiger partial charge in [0.25, 0.3) is 0 Å². The molecule has 14 heteroatoms. The zero-order valence-electron chi connectivity index (χ0n) is 21.0. The van der Waals surface area contributed by atoms with Crippen molar-refractivity contribution in [1.82, 2.24) is 25.9 Å². The number of nitrogens with zero attached hydrogens (tertiary/aromatic N) is 1. The molecule has 0 bridgehead atoms. The Kier molecular flexibility index (Phi) is 10.8. The molecule has 0 fully saturated rings. The van der Waals surface area contributed by atoms with E-state index in [4.69, 9.17) is 11.5 Å². The second-order valence-electron chi connectivity index (χ2n) is 9.12. The molecule has 14 nitrogen and oxygen atoms in total. The van der Waals surface area contributed by atoms with Gasteiger partial charge < -0.3 is 42.6 Å². The molecule has 4 amide bonds. The third kappa shape index (κ3) is 9.20. The number of H-pyrrole nitrogens is 1. The van der Waals surface area contributed by atoms with Crippen LogP contribution in [-0.2, 0) is 36.8 Å². The highest BCUT2D eigenvalue weighted by atomic mass is 16.4. The Hall–Kier alpha value is -4.46. The fourth-order valence-corrected chi connectivity index (χ4v) is 3.53. The summed E-state index contributed by atoms with van der Waals surface area (Å²) in [6.07, 6.45) is 2.37. The van der Waals surface area contributed by atoms with Gasteiger partial charge in [-0.05, 0) is 30.0 Å². The third-order valence-corrected chi connectivity index (χ3v) is 5.61. The number of carboxylic acids is 1. The molecule has 1 aromatic carbocycles. The number of hydrogen-bond acceptors (Lipinski definition) is 8. The molecule has 0 aliphatic rings. The Bertz CT molecular complexity index is 1120. The van der Waals surface area contributed by atoms with E-state index in [1.165, 1.54) is 24.7 Å². The first-order valence-electron chi connectivity index (χ1n) is 11.8. The maximum absolute atomic E-state index is 13.2. The van der Waals surface area contributed by atoms with Crippen LogP contribution < -0.4 is 27.4 Å². The van der Waals surface area contributed by atoms with Crippen LogP contribution in [-0.4, -0.2) is 73.9 Å². The summed E-state index contributed by atoms with van der Waals surface area (Å²) in [6.45, 7) is 3.26. The van der Waals surface area contributed by atoms with E-state index >= 15 is 0 Å². The van der Waals surface area contributed by atoms with Crippen LogP contribution in [0.5, 0.6) is 5.75 Å². The van der Waals surface area contributed by atoms with Gasteiger partial charge in [-0.3, -0.25) is 19.2 Å². The number of aliphatic carboxylic acids is 1. The molecule has 38 heavy (non-hydrogen) atoms. The van der Waals surface area contributed by atoms with Crippen molar-refractivity contribution in [3.63, 3.8) is 0 Å². The molecular formula is C24H33N7O7. The van der Waals surface area contributed by atoms with Crippen molar-refractivity contribution in [2.24, 2.45) is 17.4 Å². The molecule has 206 valence electrons. The number of primary amides is 1. The number of phenols is 1. The summed E-state index contributed by atoms with van der Waals surface area (Å²) in [4.78, 5) is 68.3. The Morgan fingerprint density at radius 3 is 2.11 bits per heavy atom. The normalized spacial score (nSPS) is 14.1. The van der Waals surface area contributed by atoms with E-state index in [1.807, 2.05) is 0 Å². The highest BCUT2D eigenvalue weighted by molar-refractivity contribution is 5.95. The first kappa shape index (κ1) is 29.8. The van der Waals surface area contributed by atoms with E-state index in [2.05, 4.69) is 25.9 Å². The van der Waals surface area contributed by atoms with Gasteiger partial charge in [0.2, 0.25) is 23.6 Å². The molecule has 0 aliphatic carbocycles. The Balaban J connectivity index is 2.16. The predicted octanol–water partition coefficient (Wildman–Crippen LogP) is -1.70. The second-order valence-corrected chi connectivity index (χ2v) is 9.12. The van der Waals surface area contributed by atoms with Crippen LogP contribution in [0.15, 0.2) is 36.8 Å². The van der Waals surface area contributed by atoms with E-state index in [9.17, 15) is 34.2 Å². The lowest BCUT2D eigenvalue weighted by atomic mass is 10.0. The lowest BCUT2D eigenvalue weighted by Gasteiger charge is -2.27. The summed E-state index contributed by atoms with van der Waals surface area (Å²) >= 11 is 0. The molecule has 0 saturated heterocycles. The average molecular weight is 532 g/mol. The van der Waals surface area contributed by atoms with Gasteiger partial charge >= 0.3 is 5.97 Å². The van der Waals surface area contributed by atoms with Gasteiger partial charge in [-0.25, -0.2) is 9.78 Å². The molecule has 0 spiro atoms. The minimum Gasteiger partial charge on any atom is -0.508 e. The zero-order chi connectivity index (χ0) is 28.4. The lowest BCUT2D eigenvalue weighted by Crippen LogP contribution is -2.59. The van der Waals surface area contributed by atoms with Gasteiger partial charge in [-0.15, -0.1) is 0 Å². The van der Waals surface area contributed by atoms with E-state index in [0.29, 0.717) is 11.3 Å². The number of benzene rings is 1. The van der Waals surface area contributed by atoms with Crippen molar-refractivity contribution in [3.05, 3.63) is 48.0 Å². The maximum atomic E-state index is 13.2. The zero-order valence-corrected chi connectivity index (χ0v) is 21.0. The number of phenolic OH excluding ortho intramolecular Hbond substituents is 1. The van der Waals surface area contributed by atoms with Gasteiger partial charge in [-0.1, -0.05) is 26.0 Å². The fourth-order valence-electron chi connectivity index (χ4n) is 3.53. The largest absolute Gasteiger partial charge is 0.508 e. The first-order chi connectivity index (χ1) is 17.9. The number of aromatic nitrogens is 2. The Labute approximate surface area is 218 Å². The van der Waals surface area contributed by atoms with Crippen molar-refractivity contribution in [2.45, 2.75) is 57.3 Å². The minimum absolute atomic E-state index is 0.00460. The Morgan fingerprint density at radius 1 is 0.947 bits per heavy atom. The molecule has 0 aliphatic heterocycles. The SMILES string of the molecule is CC(C)C(NC(=O)C(Cc1cnc[nH]1)NC(=O)C(N)Cc1ccc(O)cc1)C(=O)NC(CC(N)=O)C(=O)O. The van der Waals surface area contributed by atoms with E-state index in [0.717, 1.165) is 0 Å². The summed E-state index contributed by atoms with van der Waals surface area (Å²) in [5, 5.41) is 26.1. The van der Waals surface area contributed by atoms with Crippen LogP contribution >= 0.6 is 0 Å². The number of nitrogens with one attached hydrogen (secondary N) is 4. The quantitative estimate of drug-likeness (QED) is 0.138. The summed E-state index contributed by atoms with van der Waals surface area (Å²) in [5.74, 6) is -4.99. The molecule has 2 rings (SSSR count). The smallest absolute Gasteiger partial charge is 0.326 e. The topological polar surface area (TPSA) is 243 Å². The first-order valence-corrected chi connectivity index (χ1v) is 11.8. The number of hydrogen-bond donors (Lipinski definition) is 8. The van der Waals surface area contributed by atoms with Crippen LogP contribution in [0.1, 0.15) is 31.5 Å². The summed E-state index contributed by atoms with van der Waals surface area (Å²) < 4.78 is 0. The van der Waals surface area contributed by atoms with Crippen LogP contribution in [0.2, 0.25) is 0 Å². The number of carbonyl (C=O) groups excluding carboxylic acids is 4. The summed E-state index contributed by atoms with van der Waals surface area (Å²) in [5.41, 5.74) is 12.3. The number of carboxylic acid groups (broad SMARTS) is 1. The highest BCUT2D eigenvalue weighted by Crippen LogP contribution is 2.11. The summed E-state index contributed by atoms with van der Waals surface area (Å²) in [7, 11) is 0. The van der Waals surface area contributed by atoms with E-state index in [-0.39, 0.29) is 18.6 Å². The molecule has 4 unspecified atom stereocenters. The summed E-state index contributed by atoms with van der Waals surface area (Å²) in [6, 6.07) is 1.21. The standard InChI is InChI=1S/C24H33N7O7/c1-12(2)20(23(36)30-18(24(37)38)9-19(26)33)31-22(35)17(8-14-10-27-11-28-14)29-21(34)16(25)7-13-3-5-15(32)6-4-13/h3-6,10-12,16-18,20,32H,7-9,25H2,1-2H3,(H2,26,33)(H,27,28)(H,29,34)(H,30,36)(H,31,35)(H,37,38). The van der Waals surface area contributed by atoms with Gasteiger partial charge in [0.05, 0.1) is 18.8 Å². The third-order valence-electron chi connectivity index (χ3n) is 5.61. The molecule has 10 N–H and O–H groups in total. The van der Waals surface area contributed by atoms with E-state index in [1.54, 1.807) is 26.0 Å². The molecule has 1 heterocycles. The number of amides is 4. The van der Waals surface area contributed by atoms with Crippen molar-refractivity contribution < 1.29 is 34.2 Å². The van der Waals surface area contributed by atoms with Crippen LogP contribution in [0.4, 0.5) is 0 Å². The molecule has 0 radical (unpaired) electrons. The highest BCUT2D eigenvalue weighted by Gasteiger charge is 2.32. The molecule has 0 saturated carbocycles. The van der Waals surface area contributed by atoms with Crippen molar-refractivity contribution in [1.29, 1.82) is 0 Å². The average Bonchev–Trinajstić information content (AvgIpc) is 3.35. The maximum Gasteiger partial charge on any atom is 0.326 e. The van der Waals surface area contributed by atoms with E-state index < -0.39 is 66.1 Å². The van der Waals surface area contributed by atoms with Gasteiger partial charge in [0.15, 0.2) is 0 Å². The van der Waals surface area contributed by atoms with Crippen LogP contribution in [0.25, 0.3) is 0 Å².